The predicted octanol–water partition coefficient (Wildman–Crippen LogP) is -13.2. The number of amides is 1. The van der Waals surface area contributed by atoms with Gasteiger partial charge >= 0.3 is 88.7 Å². The van der Waals surface area contributed by atoms with Crippen LogP contribution in [0.1, 0.15) is 44.9 Å². The molecule has 1 saturated carbocycles. The normalized spacial score (nSPS) is 15.8. The van der Waals surface area contributed by atoms with Crippen molar-refractivity contribution in [2.75, 3.05) is 6.54 Å². The number of rotatable bonds is 9. The van der Waals surface area contributed by atoms with Crippen molar-refractivity contribution in [1.82, 2.24) is 10.6 Å². The van der Waals surface area contributed by atoms with Gasteiger partial charge in [0.1, 0.15) is 0 Å². The van der Waals surface area contributed by atoms with Gasteiger partial charge in [0, 0.05) is 12.0 Å². The van der Waals surface area contributed by atoms with Crippen LogP contribution >= 0.6 is 0 Å². The molecule has 0 unspecified atom stereocenters. The van der Waals surface area contributed by atoms with Gasteiger partial charge in [-0.05, 0) is 25.7 Å². The van der Waals surface area contributed by atoms with Gasteiger partial charge in [-0.1, -0.05) is 19.3 Å². The number of carboxylic acid groups (broad SMARTS) is 3. The minimum atomic E-state index is -1.52. The van der Waals surface area contributed by atoms with Crippen LogP contribution in [0.15, 0.2) is 0 Å². The number of hydrogen-bond donors (Lipinski definition) is 2. The van der Waals surface area contributed by atoms with Crippen LogP contribution in [0, 0.1) is 0 Å². The van der Waals surface area contributed by atoms with E-state index in [1.165, 1.54) is 0 Å². The summed E-state index contributed by atoms with van der Waals surface area (Å²) in [5, 5.41) is 37.0. The number of carbonyl (C=O) groups is 4. The fraction of sp³-hybridized carbons (Fsp3) is 0.714. The number of carboxylic acids is 3. The Morgan fingerprint density at radius 2 is 1.42 bits per heavy atom. The minimum absolute atomic E-state index is 0. The molecule has 0 heterocycles. The number of nitrogens with one attached hydrogen (secondary N) is 2. The Morgan fingerprint density at radius 1 is 0.885 bits per heavy atom. The molecule has 1 atom stereocenters. The van der Waals surface area contributed by atoms with E-state index in [1.807, 2.05) is 0 Å². The molecular formula is C14H19N2Na3O7. The zero-order valence-corrected chi connectivity index (χ0v) is 21.6. The quantitative estimate of drug-likeness (QED) is 0.363. The van der Waals surface area contributed by atoms with Gasteiger partial charge in [-0.15, -0.1) is 0 Å². The molecule has 0 aromatic carbocycles. The van der Waals surface area contributed by atoms with Gasteiger partial charge in [0.2, 0.25) is 5.91 Å². The van der Waals surface area contributed by atoms with Crippen LogP contribution in [0.3, 0.4) is 0 Å². The summed E-state index contributed by atoms with van der Waals surface area (Å²) in [7, 11) is 0. The standard InChI is InChI=1S/C14H22N2O7.3Na/c17-10(18)5-4-9(12(21)22)16-14(6-2-1-3-7-14)13(23)15-8-11(19)20;;;/h9,16H,1-8H2,(H,15,23)(H,17,18)(H,19,20)(H,21,22);;;/q;3*+1/p-3/t9-;;;/m0.../s1. The van der Waals surface area contributed by atoms with Crippen LogP contribution in [0.4, 0.5) is 0 Å². The first kappa shape index (κ1) is 31.5. The summed E-state index contributed by atoms with van der Waals surface area (Å²) < 4.78 is 0. The molecule has 26 heavy (non-hydrogen) atoms. The monoisotopic (exact) mass is 396 g/mol. The first-order valence-electron chi connectivity index (χ1n) is 7.43. The van der Waals surface area contributed by atoms with E-state index in [-0.39, 0.29) is 95.1 Å². The fourth-order valence-electron chi connectivity index (χ4n) is 2.76. The zero-order valence-electron chi connectivity index (χ0n) is 15.6. The van der Waals surface area contributed by atoms with Crippen molar-refractivity contribution in [3.63, 3.8) is 0 Å². The molecule has 12 heteroatoms. The van der Waals surface area contributed by atoms with E-state index >= 15 is 0 Å². The summed E-state index contributed by atoms with van der Waals surface area (Å²) in [5.74, 6) is -5.03. The SMILES string of the molecule is O=C([O-])CC[C@H](NC1(C(=O)NCC(=O)[O-])CCCCC1)C(=O)[O-].[Na+].[Na+].[Na+]. The molecule has 1 aliphatic rings. The molecule has 1 fully saturated rings. The van der Waals surface area contributed by atoms with E-state index in [4.69, 9.17) is 0 Å². The summed E-state index contributed by atoms with van der Waals surface area (Å²) in [4.78, 5) is 44.5. The van der Waals surface area contributed by atoms with E-state index in [0.717, 1.165) is 6.42 Å². The van der Waals surface area contributed by atoms with Gasteiger partial charge in [0.05, 0.1) is 24.0 Å². The molecule has 0 aromatic heterocycles. The molecule has 0 bridgehead atoms. The number of carbonyl (C=O) groups excluding carboxylic acids is 4. The molecule has 1 aliphatic carbocycles. The van der Waals surface area contributed by atoms with Gasteiger partial charge in [-0.3, -0.25) is 10.1 Å². The molecule has 130 valence electrons. The summed E-state index contributed by atoms with van der Waals surface area (Å²) in [6, 6.07) is -1.35. The Morgan fingerprint density at radius 3 is 1.85 bits per heavy atom. The zero-order chi connectivity index (χ0) is 17.5. The summed E-state index contributed by atoms with van der Waals surface area (Å²) in [5.41, 5.74) is -1.26. The Hall–Kier alpha value is 0.840. The van der Waals surface area contributed by atoms with Crippen molar-refractivity contribution >= 4 is 23.8 Å². The predicted molar refractivity (Wildman–Crippen MR) is 70.0 cm³/mol. The molecule has 0 saturated heterocycles. The van der Waals surface area contributed by atoms with E-state index in [1.54, 1.807) is 0 Å². The second-order valence-corrected chi connectivity index (χ2v) is 5.62. The van der Waals surface area contributed by atoms with Crippen LogP contribution in [-0.4, -0.2) is 41.9 Å². The summed E-state index contributed by atoms with van der Waals surface area (Å²) >= 11 is 0. The first-order chi connectivity index (χ1) is 10.8. The molecular weight excluding hydrogens is 377 g/mol. The van der Waals surface area contributed by atoms with Crippen molar-refractivity contribution in [3.05, 3.63) is 0 Å². The van der Waals surface area contributed by atoms with Crippen molar-refractivity contribution in [3.8, 4) is 0 Å². The second-order valence-electron chi connectivity index (χ2n) is 5.62. The van der Waals surface area contributed by atoms with Crippen LogP contribution in [-0.2, 0) is 19.2 Å². The van der Waals surface area contributed by atoms with E-state index < -0.39 is 48.4 Å². The van der Waals surface area contributed by atoms with Crippen molar-refractivity contribution in [2.24, 2.45) is 0 Å². The first-order valence-corrected chi connectivity index (χ1v) is 7.43. The maximum Gasteiger partial charge on any atom is 1.00 e. The van der Waals surface area contributed by atoms with Gasteiger partial charge in [-0.25, -0.2) is 0 Å². The van der Waals surface area contributed by atoms with Gasteiger partial charge < -0.3 is 35.0 Å². The van der Waals surface area contributed by atoms with E-state index in [2.05, 4.69) is 10.6 Å². The average molecular weight is 396 g/mol. The summed E-state index contributed by atoms with van der Waals surface area (Å²) in [6.45, 7) is -0.683. The van der Waals surface area contributed by atoms with Crippen LogP contribution < -0.4 is 115 Å². The average Bonchev–Trinajstić information content (AvgIpc) is 2.49. The largest absolute Gasteiger partial charge is 1.00 e. The summed E-state index contributed by atoms with van der Waals surface area (Å²) in [6.07, 6.45) is 2.04. The second kappa shape index (κ2) is 15.7. The Labute approximate surface area is 218 Å². The third-order valence-corrected chi connectivity index (χ3v) is 3.91. The van der Waals surface area contributed by atoms with Gasteiger partial charge in [-0.2, -0.15) is 0 Å². The topological polar surface area (TPSA) is 162 Å². The molecule has 9 nitrogen and oxygen atoms in total. The van der Waals surface area contributed by atoms with Crippen LogP contribution in [0.2, 0.25) is 0 Å². The van der Waals surface area contributed by atoms with Crippen LogP contribution in [0.5, 0.6) is 0 Å². The molecule has 0 spiro atoms. The van der Waals surface area contributed by atoms with E-state index in [9.17, 15) is 34.5 Å². The molecule has 0 aliphatic heterocycles. The maximum atomic E-state index is 12.3. The molecule has 0 radical (unpaired) electrons. The number of aliphatic carboxylic acids is 3. The van der Waals surface area contributed by atoms with E-state index in [0.29, 0.717) is 25.7 Å². The van der Waals surface area contributed by atoms with Gasteiger partial charge in [0.25, 0.3) is 0 Å². The molecule has 0 aromatic rings. The molecule has 2 N–H and O–H groups in total. The Kier molecular flexibility index (Phi) is 19.1. The minimum Gasteiger partial charge on any atom is -0.550 e. The maximum absolute atomic E-state index is 12.3. The smallest absolute Gasteiger partial charge is 0.550 e. The third-order valence-electron chi connectivity index (χ3n) is 3.91. The Bertz CT molecular complexity index is 485. The third kappa shape index (κ3) is 11.0. The Balaban J connectivity index is -0.00000176. The van der Waals surface area contributed by atoms with Crippen molar-refractivity contribution < 1.29 is 123 Å². The number of hydrogen-bond acceptors (Lipinski definition) is 8. The van der Waals surface area contributed by atoms with Crippen molar-refractivity contribution in [1.29, 1.82) is 0 Å². The van der Waals surface area contributed by atoms with Crippen molar-refractivity contribution in [2.45, 2.75) is 56.5 Å². The van der Waals surface area contributed by atoms with Crippen LogP contribution in [0.25, 0.3) is 0 Å². The fourth-order valence-corrected chi connectivity index (χ4v) is 2.76. The van der Waals surface area contributed by atoms with Gasteiger partial charge in [0.15, 0.2) is 0 Å². The molecule has 1 amide bonds. The molecule has 1 rings (SSSR count).